The number of hydrogen-bond donors (Lipinski definition) is 0. The molecule has 3 nitrogen and oxygen atoms in total. The molecule has 0 fully saturated rings. The minimum atomic E-state index is 0.851. The lowest BCUT2D eigenvalue weighted by molar-refractivity contribution is 0.670. The molecule has 10 aromatic carbocycles. The largest absolute Gasteiger partial charge is 0.455 e. The Morgan fingerprint density at radius 2 is 0.770 bits per heavy atom. The van der Waals surface area contributed by atoms with E-state index in [0.717, 1.165) is 93.9 Å². The standard InChI is InChI=1S/C58H36N2O/c1-3-14-37(15-4-1)43-28-29-55-52(33-43)53-35-46(38-16-5-2-6-17-38)34-51(58(53)61-55)44-22-12-20-41(31-44)39-18-11-19-40(30-39)42-21-13-23-45(32-42)54-36-59-56-49-26-9-7-24-47(49)48-25-8-10-27-50(48)57(56)60-54/h1-36H. The van der Waals surface area contributed by atoms with Crippen molar-refractivity contribution >= 4 is 54.5 Å². The molecule has 0 N–H and O–H groups in total. The summed E-state index contributed by atoms with van der Waals surface area (Å²) >= 11 is 0. The van der Waals surface area contributed by atoms with Crippen LogP contribution in [0, 0.1) is 0 Å². The fourth-order valence-electron chi connectivity index (χ4n) is 9.06. The van der Waals surface area contributed by atoms with E-state index in [1.54, 1.807) is 0 Å². The summed E-state index contributed by atoms with van der Waals surface area (Å²) in [5, 5.41) is 6.83. The van der Waals surface area contributed by atoms with Gasteiger partial charge in [-0.25, -0.2) is 4.98 Å². The maximum Gasteiger partial charge on any atom is 0.143 e. The minimum absolute atomic E-state index is 0.851. The van der Waals surface area contributed by atoms with E-state index in [2.05, 4.69) is 212 Å². The van der Waals surface area contributed by atoms with Gasteiger partial charge in [-0.1, -0.05) is 170 Å². The first-order chi connectivity index (χ1) is 30.2. The highest BCUT2D eigenvalue weighted by Crippen LogP contribution is 2.42. The van der Waals surface area contributed by atoms with E-state index in [1.165, 1.54) is 27.5 Å². The molecule has 0 aliphatic heterocycles. The van der Waals surface area contributed by atoms with E-state index >= 15 is 0 Å². The minimum Gasteiger partial charge on any atom is -0.455 e. The average Bonchev–Trinajstić information content (AvgIpc) is 3.72. The van der Waals surface area contributed by atoms with Crippen LogP contribution in [0.3, 0.4) is 0 Å². The lowest BCUT2D eigenvalue weighted by atomic mass is 9.92. The van der Waals surface area contributed by atoms with Gasteiger partial charge in [0, 0.05) is 32.7 Å². The smallest absolute Gasteiger partial charge is 0.143 e. The van der Waals surface area contributed by atoms with Crippen LogP contribution in [0.5, 0.6) is 0 Å². The average molecular weight is 777 g/mol. The van der Waals surface area contributed by atoms with Gasteiger partial charge in [0.2, 0.25) is 0 Å². The Balaban J connectivity index is 0.939. The van der Waals surface area contributed by atoms with Crippen molar-refractivity contribution in [1.82, 2.24) is 9.97 Å². The molecule has 0 unspecified atom stereocenters. The lowest BCUT2D eigenvalue weighted by Crippen LogP contribution is -1.92. The van der Waals surface area contributed by atoms with Gasteiger partial charge in [-0.05, 0) is 103 Å². The Labute approximate surface area is 352 Å². The number of benzene rings is 10. The summed E-state index contributed by atoms with van der Waals surface area (Å²) < 4.78 is 6.74. The number of hydrogen-bond acceptors (Lipinski definition) is 3. The van der Waals surface area contributed by atoms with Crippen LogP contribution in [0.2, 0.25) is 0 Å². The SMILES string of the molecule is c1ccc(-c2ccc3oc4c(-c5cccc(-c6cccc(-c7cccc(-c8cnc9c%10ccccc%10c%10ccccc%10c9n8)c7)c6)c5)cc(-c5ccccc5)cc4c3c2)cc1. The first-order valence-electron chi connectivity index (χ1n) is 20.7. The zero-order chi connectivity index (χ0) is 40.3. The van der Waals surface area contributed by atoms with E-state index < -0.39 is 0 Å². The van der Waals surface area contributed by atoms with Gasteiger partial charge in [-0.15, -0.1) is 0 Å². The van der Waals surface area contributed by atoms with Gasteiger partial charge in [0.25, 0.3) is 0 Å². The molecule has 0 bridgehead atoms. The normalized spacial score (nSPS) is 11.6. The van der Waals surface area contributed by atoms with Crippen LogP contribution in [-0.2, 0) is 0 Å². The summed E-state index contributed by atoms with van der Waals surface area (Å²) in [5.74, 6) is 0. The molecule has 0 radical (unpaired) electrons. The van der Waals surface area contributed by atoms with Crippen molar-refractivity contribution < 1.29 is 4.42 Å². The van der Waals surface area contributed by atoms with E-state index in [9.17, 15) is 0 Å². The Morgan fingerprint density at radius 1 is 0.295 bits per heavy atom. The predicted molar refractivity (Wildman–Crippen MR) is 254 cm³/mol. The summed E-state index contributed by atoms with van der Waals surface area (Å²) in [6.45, 7) is 0. The molecular formula is C58H36N2O. The van der Waals surface area contributed by atoms with Crippen LogP contribution in [0.4, 0.5) is 0 Å². The summed E-state index contributed by atoms with van der Waals surface area (Å²) in [6.07, 6.45) is 1.92. The van der Waals surface area contributed by atoms with Gasteiger partial charge in [0.15, 0.2) is 0 Å². The second-order valence-corrected chi connectivity index (χ2v) is 15.7. The summed E-state index contributed by atoms with van der Waals surface area (Å²) in [7, 11) is 0. The Morgan fingerprint density at radius 3 is 1.43 bits per heavy atom. The summed E-state index contributed by atoms with van der Waals surface area (Å²) in [4.78, 5) is 10.3. The molecule has 3 heteroatoms. The topological polar surface area (TPSA) is 38.9 Å². The molecule has 0 saturated carbocycles. The summed E-state index contributed by atoms with van der Waals surface area (Å²) in [5.41, 5.74) is 16.9. The van der Waals surface area contributed by atoms with E-state index in [1.807, 2.05) is 6.20 Å². The van der Waals surface area contributed by atoms with Gasteiger partial charge in [-0.2, -0.15) is 0 Å². The fourth-order valence-corrected chi connectivity index (χ4v) is 9.06. The number of fused-ring (bicyclic) bond motifs is 9. The van der Waals surface area contributed by atoms with Crippen molar-refractivity contribution in [2.45, 2.75) is 0 Å². The van der Waals surface area contributed by atoms with Crippen molar-refractivity contribution in [3.8, 4) is 66.9 Å². The first-order valence-corrected chi connectivity index (χ1v) is 20.7. The van der Waals surface area contributed by atoms with Gasteiger partial charge in [-0.3, -0.25) is 4.98 Å². The fraction of sp³-hybridized carbons (Fsp3) is 0. The second kappa shape index (κ2) is 14.3. The third kappa shape index (κ3) is 6.06. The molecule has 0 aliphatic rings. The number of furan rings is 1. The van der Waals surface area contributed by atoms with Crippen molar-refractivity contribution in [3.63, 3.8) is 0 Å². The quantitative estimate of drug-likeness (QED) is 0.158. The van der Waals surface area contributed by atoms with Crippen molar-refractivity contribution in [2.24, 2.45) is 0 Å². The van der Waals surface area contributed by atoms with Crippen LogP contribution in [0.15, 0.2) is 223 Å². The summed E-state index contributed by atoms with van der Waals surface area (Å²) in [6, 6.07) is 75.5. The maximum absolute atomic E-state index is 6.74. The third-order valence-electron chi connectivity index (χ3n) is 12.1. The molecule has 61 heavy (non-hydrogen) atoms. The molecule has 2 heterocycles. The van der Waals surface area contributed by atoms with E-state index in [4.69, 9.17) is 14.4 Å². The van der Waals surface area contributed by atoms with Crippen LogP contribution < -0.4 is 0 Å². The molecule has 0 spiro atoms. The zero-order valence-corrected chi connectivity index (χ0v) is 33.1. The zero-order valence-electron chi connectivity index (χ0n) is 33.1. The highest BCUT2D eigenvalue weighted by Gasteiger charge is 2.18. The molecule has 284 valence electrons. The number of aromatic nitrogens is 2. The molecule has 0 saturated heterocycles. The van der Waals surface area contributed by atoms with Crippen LogP contribution in [-0.4, -0.2) is 9.97 Å². The van der Waals surface area contributed by atoms with Gasteiger partial charge in [0.1, 0.15) is 11.2 Å². The van der Waals surface area contributed by atoms with E-state index in [-0.39, 0.29) is 0 Å². The number of nitrogens with zero attached hydrogens (tertiary/aromatic N) is 2. The molecule has 12 aromatic rings. The third-order valence-corrected chi connectivity index (χ3v) is 12.1. The van der Waals surface area contributed by atoms with Crippen molar-refractivity contribution in [3.05, 3.63) is 219 Å². The molecule has 0 aliphatic carbocycles. The van der Waals surface area contributed by atoms with Crippen LogP contribution in [0.1, 0.15) is 0 Å². The van der Waals surface area contributed by atoms with Crippen LogP contribution >= 0.6 is 0 Å². The molecular weight excluding hydrogens is 741 g/mol. The second-order valence-electron chi connectivity index (χ2n) is 15.7. The van der Waals surface area contributed by atoms with E-state index in [0.29, 0.717) is 0 Å². The van der Waals surface area contributed by atoms with Crippen molar-refractivity contribution in [1.29, 1.82) is 0 Å². The molecule has 0 atom stereocenters. The maximum atomic E-state index is 6.74. The Bertz CT molecular complexity index is 3610. The highest BCUT2D eigenvalue weighted by molar-refractivity contribution is 6.23. The van der Waals surface area contributed by atoms with Gasteiger partial charge < -0.3 is 4.42 Å². The lowest BCUT2D eigenvalue weighted by Gasteiger charge is -2.12. The first kappa shape index (κ1) is 34.9. The number of rotatable bonds is 6. The molecule has 2 aromatic heterocycles. The molecule has 0 amide bonds. The van der Waals surface area contributed by atoms with Crippen molar-refractivity contribution in [2.75, 3.05) is 0 Å². The Hall–Kier alpha value is -8.14. The monoisotopic (exact) mass is 776 g/mol. The highest BCUT2D eigenvalue weighted by atomic mass is 16.3. The van der Waals surface area contributed by atoms with Gasteiger partial charge in [0.05, 0.1) is 22.9 Å². The molecule has 12 rings (SSSR count). The van der Waals surface area contributed by atoms with Crippen LogP contribution in [0.25, 0.3) is 121 Å². The predicted octanol–water partition coefficient (Wildman–Crippen LogP) is 15.8. The Kier molecular flexibility index (Phi) is 8.17. The van der Waals surface area contributed by atoms with Gasteiger partial charge >= 0.3 is 0 Å².